The van der Waals surface area contributed by atoms with Crippen molar-refractivity contribution in [1.82, 2.24) is 5.16 Å². The predicted octanol–water partition coefficient (Wildman–Crippen LogP) is 2.47. The average Bonchev–Trinajstić information content (AvgIpc) is 2.47. The molecule has 0 atom stereocenters. The van der Waals surface area contributed by atoms with Crippen LogP contribution in [-0.4, -0.2) is 10.3 Å². The van der Waals surface area contributed by atoms with Crippen molar-refractivity contribution < 1.29 is 9.63 Å². The van der Waals surface area contributed by atoms with Gasteiger partial charge in [0, 0.05) is 4.43 Å². The summed E-state index contributed by atoms with van der Waals surface area (Å²) in [6.07, 6.45) is 0. The summed E-state index contributed by atoms with van der Waals surface area (Å²) in [4.78, 5) is 0. The van der Waals surface area contributed by atoms with E-state index in [0.717, 1.165) is 4.43 Å². The van der Waals surface area contributed by atoms with Crippen LogP contribution < -0.4 is 0 Å². The predicted molar refractivity (Wildman–Crippen MR) is 53.4 cm³/mol. The highest BCUT2D eigenvalue weighted by atomic mass is 127. The molecular weight excluding hydrogens is 269 g/mol. The molecule has 0 bridgehead atoms. The van der Waals surface area contributed by atoms with Gasteiger partial charge in [0.1, 0.15) is 0 Å². The SMILES string of the molecule is Oc1noc2cc(CI)ccc12. The molecular formula is C8H6INO2. The van der Waals surface area contributed by atoms with Crippen molar-refractivity contribution in [3.05, 3.63) is 23.8 Å². The molecule has 0 aliphatic carbocycles. The van der Waals surface area contributed by atoms with Gasteiger partial charge in [-0.15, -0.1) is 0 Å². The monoisotopic (exact) mass is 275 g/mol. The third kappa shape index (κ3) is 1.16. The van der Waals surface area contributed by atoms with Crippen LogP contribution >= 0.6 is 22.6 Å². The number of aromatic hydroxyl groups is 1. The number of nitrogens with zero attached hydrogens (tertiary/aromatic N) is 1. The fourth-order valence-corrected chi connectivity index (χ4v) is 1.53. The highest BCUT2D eigenvalue weighted by molar-refractivity contribution is 14.1. The van der Waals surface area contributed by atoms with E-state index in [0.29, 0.717) is 11.0 Å². The Morgan fingerprint density at radius 3 is 3.08 bits per heavy atom. The van der Waals surface area contributed by atoms with Gasteiger partial charge in [-0.1, -0.05) is 28.7 Å². The smallest absolute Gasteiger partial charge is 0.259 e. The molecule has 0 spiro atoms. The van der Waals surface area contributed by atoms with Crippen molar-refractivity contribution in [2.45, 2.75) is 4.43 Å². The first-order valence-corrected chi connectivity index (χ1v) is 4.97. The normalized spacial score (nSPS) is 10.8. The number of benzene rings is 1. The zero-order valence-corrected chi connectivity index (χ0v) is 8.28. The molecule has 2 rings (SSSR count). The van der Waals surface area contributed by atoms with Crippen molar-refractivity contribution in [3.63, 3.8) is 0 Å². The molecule has 2 aromatic rings. The van der Waals surface area contributed by atoms with Crippen LogP contribution in [0.4, 0.5) is 0 Å². The minimum atomic E-state index is -0.0370. The van der Waals surface area contributed by atoms with Crippen molar-refractivity contribution in [3.8, 4) is 5.88 Å². The summed E-state index contributed by atoms with van der Waals surface area (Å²) in [6, 6.07) is 5.65. The topological polar surface area (TPSA) is 46.3 Å². The Hall–Kier alpha value is -0.780. The number of hydrogen-bond acceptors (Lipinski definition) is 3. The maximum atomic E-state index is 9.17. The Morgan fingerprint density at radius 2 is 2.33 bits per heavy atom. The first kappa shape index (κ1) is 7.85. The van der Waals surface area contributed by atoms with Crippen LogP contribution in [0.15, 0.2) is 22.7 Å². The molecule has 0 aliphatic heterocycles. The van der Waals surface area contributed by atoms with Gasteiger partial charge in [0.05, 0.1) is 5.39 Å². The lowest BCUT2D eigenvalue weighted by Gasteiger charge is -1.92. The molecule has 1 aromatic heterocycles. The average molecular weight is 275 g/mol. The van der Waals surface area contributed by atoms with E-state index >= 15 is 0 Å². The molecule has 0 amide bonds. The molecule has 0 fully saturated rings. The van der Waals surface area contributed by atoms with Gasteiger partial charge in [0.25, 0.3) is 5.88 Å². The molecule has 1 heterocycles. The number of alkyl halides is 1. The zero-order chi connectivity index (χ0) is 8.55. The van der Waals surface area contributed by atoms with E-state index in [1.54, 1.807) is 0 Å². The third-order valence-electron chi connectivity index (χ3n) is 1.67. The highest BCUT2D eigenvalue weighted by Crippen LogP contribution is 2.24. The summed E-state index contributed by atoms with van der Waals surface area (Å²) in [5.41, 5.74) is 1.81. The summed E-state index contributed by atoms with van der Waals surface area (Å²) in [6.45, 7) is 0. The number of aromatic nitrogens is 1. The molecule has 0 saturated carbocycles. The first-order valence-electron chi connectivity index (χ1n) is 3.44. The summed E-state index contributed by atoms with van der Waals surface area (Å²) in [5, 5.41) is 13.3. The molecule has 0 saturated heterocycles. The Morgan fingerprint density at radius 1 is 1.50 bits per heavy atom. The van der Waals surface area contributed by atoms with E-state index in [1.807, 2.05) is 18.2 Å². The molecule has 0 unspecified atom stereocenters. The van der Waals surface area contributed by atoms with Crippen LogP contribution in [0, 0.1) is 0 Å². The Balaban J connectivity index is 2.69. The number of fused-ring (bicyclic) bond motifs is 1. The minimum absolute atomic E-state index is 0.0370. The van der Waals surface area contributed by atoms with E-state index in [4.69, 9.17) is 9.63 Å². The van der Waals surface area contributed by atoms with Crippen LogP contribution in [0.3, 0.4) is 0 Å². The fraction of sp³-hybridized carbons (Fsp3) is 0.125. The lowest BCUT2D eigenvalue weighted by atomic mass is 10.2. The minimum Gasteiger partial charge on any atom is -0.491 e. The van der Waals surface area contributed by atoms with Crippen LogP contribution in [0.5, 0.6) is 5.88 Å². The quantitative estimate of drug-likeness (QED) is 0.642. The molecule has 12 heavy (non-hydrogen) atoms. The lowest BCUT2D eigenvalue weighted by Crippen LogP contribution is -1.74. The molecule has 3 nitrogen and oxygen atoms in total. The molecule has 0 aliphatic rings. The van der Waals surface area contributed by atoms with Gasteiger partial charge < -0.3 is 9.63 Å². The van der Waals surface area contributed by atoms with E-state index in [1.165, 1.54) is 5.56 Å². The molecule has 0 radical (unpaired) electrons. The lowest BCUT2D eigenvalue weighted by molar-refractivity contribution is 0.376. The third-order valence-corrected chi connectivity index (χ3v) is 2.55. The van der Waals surface area contributed by atoms with Crippen molar-refractivity contribution in [1.29, 1.82) is 0 Å². The van der Waals surface area contributed by atoms with Crippen LogP contribution in [0.2, 0.25) is 0 Å². The summed E-state index contributed by atoms with van der Waals surface area (Å²) < 4.78 is 5.81. The molecule has 1 aromatic carbocycles. The zero-order valence-electron chi connectivity index (χ0n) is 6.12. The first-order chi connectivity index (χ1) is 5.81. The number of halogens is 1. The van der Waals surface area contributed by atoms with Gasteiger partial charge in [-0.05, 0) is 22.9 Å². The largest absolute Gasteiger partial charge is 0.491 e. The second-order valence-electron chi connectivity index (χ2n) is 2.47. The second-order valence-corrected chi connectivity index (χ2v) is 3.23. The van der Waals surface area contributed by atoms with Gasteiger partial charge in [-0.25, -0.2) is 0 Å². The Bertz CT molecular complexity index is 410. The van der Waals surface area contributed by atoms with Crippen molar-refractivity contribution >= 4 is 33.6 Å². The van der Waals surface area contributed by atoms with Crippen molar-refractivity contribution in [2.24, 2.45) is 0 Å². The van der Waals surface area contributed by atoms with Gasteiger partial charge in [-0.2, -0.15) is 0 Å². The maximum Gasteiger partial charge on any atom is 0.259 e. The van der Waals surface area contributed by atoms with Gasteiger partial charge in [-0.3, -0.25) is 0 Å². The second kappa shape index (κ2) is 2.93. The summed E-state index contributed by atoms with van der Waals surface area (Å²) >= 11 is 2.27. The maximum absolute atomic E-state index is 9.17. The molecule has 62 valence electrons. The van der Waals surface area contributed by atoms with Gasteiger partial charge >= 0.3 is 0 Å². The summed E-state index contributed by atoms with van der Waals surface area (Å²) in [7, 11) is 0. The molecule has 1 N–H and O–H groups in total. The van der Waals surface area contributed by atoms with Crippen LogP contribution in [-0.2, 0) is 4.43 Å². The number of rotatable bonds is 1. The highest BCUT2D eigenvalue weighted by Gasteiger charge is 2.05. The fourth-order valence-electron chi connectivity index (χ4n) is 1.05. The van der Waals surface area contributed by atoms with E-state index in [2.05, 4.69) is 27.7 Å². The van der Waals surface area contributed by atoms with E-state index in [9.17, 15) is 0 Å². The van der Waals surface area contributed by atoms with Crippen molar-refractivity contribution in [2.75, 3.05) is 0 Å². The van der Waals surface area contributed by atoms with E-state index in [-0.39, 0.29) is 5.88 Å². The number of hydrogen-bond donors (Lipinski definition) is 1. The molecule has 4 heteroatoms. The standard InChI is InChI=1S/C8H6INO2/c9-4-5-1-2-6-7(3-5)12-10-8(6)11/h1-3H,4H2,(H,10,11). The summed E-state index contributed by atoms with van der Waals surface area (Å²) in [5.74, 6) is -0.0370. The van der Waals surface area contributed by atoms with Crippen LogP contribution in [0.1, 0.15) is 5.56 Å². The van der Waals surface area contributed by atoms with Gasteiger partial charge in [0.15, 0.2) is 5.58 Å². The van der Waals surface area contributed by atoms with Crippen LogP contribution in [0.25, 0.3) is 11.0 Å². The van der Waals surface area contributed by atoms with Gasteiger partial charge in [0.2, 0.25) is 0 Å². The van der Waals surface area contributed by atoms with E-state index < -0.39 is 0 Å². The Kier molecular flexibility index (Phi) is 1.92. The Labute approximate surface area is 82.5 Å².